The molecule has 4 aromatic rings. The second-order valence-electron chi connectivity index (χ2n) is 5.95. The first kappa shape index (κ1) is 14.5. The highest BCUT2D eigenvalue weighted by molar-refractivity contribution is 7.46. The van der Waals surface area contributed by atoms with Crippen molar-refractivity contribution in [3.8, 4) is 22.6 Å². The maximum atomic E-state index is 12.3. The molecule has 5 heteroatoms. The topological polar surface area (TPSA) is 58.6 Å². The van der Waals surface area contributed by atoms with Crippen LogP contribution in [-0.2, 0) is 4.57 Å². The Bertz CT molecular complexity index is 1110. The van der Waals surface area contributed by atoms with Crippen molar-refractivity contribution in [3.05, 3.63) is 72.8 Å². The summed E-state index contributed by atoms with van der Waals surface area (Å²) < 4.78 is 22.8. The summed E-state index contributed by atoms with van der Waals surface area (Å²) in [4.78, 5) is 12.3. The highest BCUT2D eigenvalue weighted by Gasteiger charge is 2.27. The summed E-state index contributed by atoms with van der Waals surface area (Å²) in [6.07, 6.45) is 0. The molecule has 0 fully saturated rings. The van der Waals surface area contributed by atoms with E-state index in [1.165, 1.54) is 0 Å². The van der Waals surface area contributed by atoms with E-state index in [4.69, 9.17) is 9.05 Å². The summed E-state index contributed by atoms with van der Waals surface area (Å²) in [5.74, 6) is 0.569. The summed E-state index contributed by atoms with van der Waals surface area (Å²) in [6, 6.07) is 22.7. The summed E-state index contributed by atoms with van der Waals surface area (Å²) in [6.45, 7) is 0. The lowest BCUT2D eigenvalue weighted by Crippen LogP contribution is -2.11. The van der Waals surface area contributed by atoms with Gasteiger partial charge in [0.05, 0.1) is 0 Å². The van der Waals surface area contributed by atoms with Crippen LogP contribution < -0.4 is 13.9 Å². The van der Waals surface area contributed by atoms with Crippen molar-refractivity contribution in [1.82, 2.24) is 0 Å². The van der Waals surface area contributed by atoms with Crippen LogP contribution in [0, 0.1) is 0 Å². The van der Waals surface area contributed by atoms with Gasteiger partial charge in [0, 0.05) is 11.1 Å². The third-order valence-corrected chi connectivity index (χ3v) is 5.29. The highest BCUT2D eigenvalue weighted by atomic mass is 31.2. The molecule has 25 heavy (non-hydrogen) atoms. The zero-order valence-electron chi connectivity index (χ0n) is 13.0. The molecule has 0 N–H and O–H groups in total. The van der Waals surface area contributed by atoms with Gasteiger partial charge in [0.25, 0.3) is 0 Å². The number of hydrogen-bond donors (Lipinski definition) is 0. The van der Waals surface area contributed by atoms with Crippen molar-refractivity contribution >= 4 is 29.4 Å². The smallest absolute Gasteiger partial charge is 0.372 e. The second-order valence-corrected chi connectivity index (χ2v) is 7.21. The monoisotopic (exact) mass is 347 g/mol. The normalized spacial score (nSPS) is 14.9. The van der Waals surface area contributed by atoms with Crippen LogP contribution >= 0.6 is 7.82 Å². The van der Waals surface area contributed by atoms with Gasteiger partial charge < -0.3 is 13.9 Å². The molecule has 0 unspecified atom stereocenters. The van der Waals surface area contributed by atoms with Crippen molar-refractivity contribution in [2.45, 2.75) is 0 Å². The molecule has 0 radical (unpaired) electrons. The molecule has 4 aromatic carbocycles. The van der Waals surface area contributed by atoms with Crippen LogP contribution in [0.25, 0.3) is 32.7 Å². The number of benzene rings is 4. The average molecular weight is 347 g/mol. The molecule has 0 aromatic heterocycles. The summed E-state index contributed by atoms with van der Waals surface area (Å²) in [5, 5.41) is 3.85. The van der Waals surface area contributed by atoms with Crippen LogP contribution in [-0.4, -0.2) is 0 Å². The van der Waals surface area contributed by atoms with Gasteiger partial charge in [-0.2, -0.15) is 0 Å². The molecule has 1 heterocycles. The summed E-state index contributed by atoms with van der Waals surface area (Å²) >= 11 is 0. The van der Waals surface area contributed by atoms with Crippen molar-refractivity contribution in [2.24, 2.45) is 0 Å². The number of rotatable bonds is 0. The Morgan fingerprint density at radius 2 is 1.08 bits per heavy atom. The summed E-state index contributed by atoms with van der Waals surface area (Å²) in [7, 11) is -4.50. The maximum Gasteiger partial charge on any atom is 0.372 e. The van der Waals surface area contributed by atoms with E-state index in [-0.39, 0.29) is 11.5 Å². The van der Waals surface area contributed by atoms with Gasteiger partial charge >= 0.3 is 7.82 Å². The molecule has 122 valence electrons. The molecule has 1 aliphatic rings. The Hall–Kier alpha value is -2.81. The van der Waals surface area contributed by atoms with Crippen LogP contribution in [0.3, 0.4) is 0 Å². The quantitative estimate of drug-likeness (QED) is 0.425. The predicted molar refractivity (Wildman–Crippen MR) is 95.8 cm³/mol. The lowest BCUT2D eigenvalue weighted by Gasteiger charge is -2.21. The van der Waals surface area contributed by atoms with Crippen molar-refractivity contribution in [3.63, 3.8) is 0 Å². The molecule has 0 saturated carbocycles. The van der Waals surface area contributed by atoms with E-state index in [0.717, 1.165) is 32.7 Å². The first-order valence-electron chi connectivity index (χ1n) is 7.86. The van der Waals surface area contributed by atoms with Gasteiger partial charge in [0.15, 0.2) is 0 Å². The fourth-order valence-corrected chi connectivity index (χ4v) is 4.25. The number of hydrogen-bond acceptors (Lipinski definition) is 4. The Labute approximate surface area is 143 Å². The third-order valence-electron chi connectivity index (χ3n) is 4.45. The molecule has 0 atom stereocenters. The first-order valence-corrected chi connectivity index (χ1v) is 9.33. The minimum atomic E-state index is -4.50. The highest BCUT2D eigenvalue weighted by Crippen LogP contribution is 2.54. The maximum absolute atomic E-state index is 12.3. The SMILES string of the molecule is O=P1([O-])Oc2ccc3ccccc3c2-c2c(ccc3ccccc23)O1. The van der Waals surface area contributed by atoms with E-state index in [1.807, 2.05) is 60.7 Å². The zero-order chi connectivity index (χ0) is 17.0. The van der Waals surface area contributed by atoms with E-state index in [0.29, 0.717) is 0 Å². The van der Waals surface area contributed by atoms with Crippen molar-refractivity contribution in [1.29, 1.82) is 0 Å². The van der Waals surface area contributed by atoms with Crippen LogP contribution in [0.2, 0.25) is 0 Å². The molecule has 1 aliphatic heterocycles. The van der Waals surface area contributed by atoms with Crippen LogP contribution in [0.5, 0.6) is 11.5 Å². The number of phosphoric acid groups is 1. The lowest BCUT2D eigenvalue weighted by molar-refractivity contribution is -0.208. The van der Waals surface area contributed by atoms with E-state index in [9.17, 15) is 9.46 Å². The lowest BCUT2D eigenvalue weighted by atomic mass is 9.92. The van der Waals surface area contributed by atoms with E-state index in [1.54, 1.807) is 12.1 Å². The van der Waals surface area contributed by atoms with Crippen LogP contribution in [0.4, 0.5) is 0 Å². The van der Waals surface area contributed by atoms with E-state index in [2.05, 4.69) is 0 Å². The fraction of sp³-hybridized carbons (Fsp3) is 0. The molecule has 0 bridgehead atoms. The Balaban J connectivity index is 2.02. The van der Waals surface area contributed by atoms with Crippen LogP contribution in [0.1, 0.15) is 0 Å². The molecular weight excluding hydrogens is 335 g/mol. The van der Waals surface area contributed by atoms with Crippen LogP contribution in [0.15, 0.2) is 72.8 Å². The van der Waals surface area contributed by atoms with Gasteiger partial charge in [0.1, 0.15) is 11.5 Å². The predicted octanol–water partition coefficient (Wildman–Crippen LogP) is 4.90. The second kappa shape index (κ2) is 5.09. The van der Waals surface area contributed by atoms with E-state index < -0.39 is 7.82 Å². The van der Waals surface area contributed by atoms with Gasteiger partial charge in [0.2, 0.25) is 0 Å². The van der Waals surface area contributed by atoms with E-state index >= 15 is 0 Å². The van der Waals surface area contributed by atoms with Crippen molar-refractivity contribution in [2.75, 3.05) is 0 Å². The van der Waals surface area contributed by atoms with Gasteiger partial charge in [-0.3, -0.25) is 0 Å². The Morgan fingerprint density at radius 1 is 0.640 bits per heavy atom. The van der Waals surface area contributed by atoms with Gasteiger partial charge in [-0.25, -0.2) is 4.57 Å². The zero-order valence-corrected chi connectivity index (χ0v) is 13.9. The van der Waals surface area contributed by atoms with Gasteiger partial charge in [-0.1, -0.05) is 60.7 Å². The Morgan fingerprint density at radius 3 is 1.56 bits per heavy atom. The minimum absolute atomic E-state index is 0.284. The molecule has 5 rings (SSSR count). The average Bonchev–Trinajstić information content (AvgIpc) is 2.73. The first-order chi connectivity index (χ1) is 12.1. The third kappa shape index (κ3) is 2.23. The Kier molecular flexibility index (Phi) is 2.96. The summed E-state index contributed by atoms with van der Waals surface area (Å²) in [5.41, 5.74) is 1.47. The molecular formula is C20H12O4P-. The molecule has 4 nitrogen and oxygen atoms in total. The van der Waals surface area contributed by atoms with Gasteiger partial charge in [-0.15, -0.1) is 0 Å². The fourth-order valence-electron chi connectivity index (χ4n) is 3.43. The number of phosphoric ester groups is 1. The van der Waals surface area contributed by atoms with Gasteiger partial charge in [-0.05, 0) is 33.7 Å². The molecule has 0 aliphatic carbocycles. The standard InChI is InChI=1S/C20H13O4P/c21-25(22)23-17-11-9-13-5-1-3-7-15(13)19(17)20-16-8-4-2-6-14(16)10-12-18(20)24-25/h1-12H,(H,21,22)/p-1. The van der Waals surface area contributed by atoms with Crippen molar-refractivity contribution < 1.29 is 18.5 Å². The largest absolute Gasteiger partial charge is 0.736 e. The molecule has 0 spiro atoms. The minimum Gasteiger partial charge on any atom is -0.736 e. The number of fused-ring (bicyclic) bond motifs is 7. The molecule has 0 amide bonds. The molecule has 0 saturated heterocycles.